The second kappa shape index (κ2) is 40.5. The zero-order chi connectivity index (χ0) is 84.6. The molecule has 3 aromatic carbocycles. The van der Waals surface area contributed by atoms with E-state index in [1.807, 2.05) is 4.90 Å². The minimum absolute atomic E-state index is 0. The molecule has 16 rings (SSSR count). The van der Waals surface area contributed by atoms with E-state index in [-0.39, 0.29) is 106 Å². The molecule has 43 nitrogen and oxygen atoms in total. The van der Waals surface area contributed by atoms with Gasteiger partial charge >= 0.3 is 0 Å². The molecule has 7 aliphatic rings. The number of likely N-dealkylation sites (N-methyl/N-ethyl adjacent to an activating group) is 1. The minimum atomic E-state index is -1.46. The van der Waals surface area contributed by atoms with Gasteiger partial charge in [0.25, 0.3) is 35.1 Å². The first-order chi connectivity index (χ1) is 57.9. The molecule has 123 heavy (non-hydrogen) atoms. The van der Waals surface area contributed by atoms with Crippen LogP contribution in [0.3, 0.4) is 0 Å². The predicted octanol–water partition coefficient (Wildman–Crippen LogP) is 0.749. The quantitative estimate of drug-likeness (QED) is 0.0316. The number of carbonyl (C=O) groups is 9. The molecule has 12 atom stereocenters. The number of hydrogen-bond acceptors (Lipinski definition) is 30. The van der Waals surface area contributed by atoms with Crippen molar-refractivity contribution >= 4 is 115 Å². The molecule has 4 saturated heterocycles. The van der Waals surface area contributed by atoms with Crippen molar-refractivity contribution in [2.75, 3.05) is 80.3 Å². The van der Waals surface area contributed by atoms with E-state index in [1.54, 1.807) is 66.5 Å². The summed E-state index contributed by atoms with van der Waals surface area (Å²) in [6, 6.07) is 15.8. The Labute approximate surface area is 704 Å². The number of rotatable bonds is 27. The first kappa shape index (κ1) is 91.3. The van der Waals surface area contributed by atoms with E-state index in [1.165, 1.54) is 56.6 Å². The number of piperazine rings is 1. The normalized spacial score (nSPS) is 22.2. The molecule has 658 valence electrons. The summed E-state index contributed by atoms with van der Waals surface area (Å²) in [5.41, 5.74) is 18.8. The Balaban J connectivity index is 0.000000178. The van der Waals surface area contributed by atoms with Gasteiger partial charge in [0.2, 0.25) is 23.6 Å². The number of aliphatic hydroxyl groups excluding tert-OH is 6. The Morgan fingerprint density at radius 2 is 0.894 bits per heavy atom. The first-order valence-corrected chi connectivity index (χ1v) is 39.3. The van der Waals surface area contributed by atoms with Crippen LogP contribution in [0.5, 0.6) is 0 Å². The lowest BCUT2D eigenvalue weighted by Gasteiger charge is -2.35. The number of aliphatic hydroxyl groups is 6. The number of H-pyrrole nitrogens is 1. The van der Waals surface area contributed by atoms with Crippen molar-refractivity contribution in [1.29, 1.82) is 0 Å². The maximum Gasteiger partial charge on any atom is 0.278 e. The second-order valence-corrected chi connectivity index (χ2v) is 29.9. The minimum Gasteiger partial charge on any atom is -0.387 e. The summed E-state index contributed by atoms with van der Waals surface area (Å²) in [6.45, 7) is 3.26. The van der Waals surface area contributed by atoms with Gasteiger partial charge < -0.3 is 108 Å². The lowest BCUT2D eigenvalue weighted by atomic mass is 10.1. The highest BCUT2D eigenvalue weighted by molar-refractivity contribution is 6.04. The van der Waals surface area contributed by atoms with E-state index in [0.717, 1.165) is 61.6 Å². The summed E-state index contributed by atoms with van der Waals surface area (Å²) >= 11 is 0. The molecular formula is C80H104N24O19. The highest BCUT2D eigenvalue weighted by Crippen LogP contribution is 2.37. The van der Waals surface area contributed by atoms with Gasteiger partial charge in [-0.05, 0) is 62.1 Å². The number of ether oxygens (including phenoxy) is 3. The van der Waals surface area contributed by atoms with Crippen LogP contribution < -0.4 is 54.2 Å². The molecule has 13 heterocycles. The van der Waals surface area contributed by atoms with Gasteiger partial charge in [0.1, 0.15) is 66.4 Å². The number of aromatic amines is 1. The predicted molar refractivity (Wildman–Crippen MR) is 443 cm³/mol. The van der Waals surface area contributed by atoms with E-state index < -0.39 is 91.0 Å². The number of amides is 9. The SMILES string of the molecule is C.C.C.CN(CCCCCCCC(=O)Nc1cccc2c1CNC2=O)C(=O)[C@H]1O[C@@H](n2cnc3c(N)ncnc32)[C@H](O)[C@@H]1O.Nc1ncnc2c1ncn2[C@@H]1O[C@H](C(=O)N2CCN(CC(=O)Nc3cccc4c3CNC4=O)CC2)[C@@H](O)[C@H]1O.O=C(CCCCCCC(=O)Nc1cccc2c1CNC2=O)NC[C@H]1O[C@@H](n2cnc3c(=O)[nH]cnc32)[C@H](O)[C@@H]1O. The Morgan fingerprint density at radius 3 is 1.39 bits per heavy atom. The molecule has 18 N–H and O–H groups in total. The summed E-state index contributed by atoms with van der Waals surface area (Å²) in [6.07, 6.45) is 0.940. The largest absolute Gasteiger partial charge is 0.387 e. The van der Waals surface area contributed by atoms with Gasteiger partial charge in [-0.3, -0.25) is 66.5 Å². The molecule has 0 radical (unpaired) electrons. The number of carbonyl (C=O) groups excluding carboxylic acids is 9. The summed E-state index contributed by atoms with van der Waals surface area (Å²) in [5, 5.41) is 83.1. The highest BCUT2D eigenvalue weighted by atomic mass is 16.6. The van der Waals surface area contributed by atoms with Crippen LogP contribution in [0.2, 0.25) is 0 Å². The standard InChI is InChI=1S/C27H34N8O6.C26H31N7O7.C24H27N9O6.3CH4/c1-34(11-6-4-2-3-5-10-18(36)33-17-9-7-8-15-16(17)12-29-25(15)39)26(40)22-20(37)21(38)27(41-22)35-14-32-19-23(28)30-13-31-24(19)35;34-18(8-3-1-2-4-9-19(35)32-16-7-5-6-14-15(16)10-28-24(14)38)27-11-17-21(36)22(37)26(40-17)33-13-31-20-23(33)29-12-30-25(20)39;25-20-16-21(28-10-27-20)33(11-29-16)24-18(36)17(35)19(39-24)23(38)32-6-4-31(5-7-32)9-15(34)30-14-3-1-2-12-13(14)8-26-22(12)37;;;/h7-9,13-14,20-22,27,37-38H,2-6,10-12H2,1H3,(H,29,39)(H,33,36)(H2,28,30,31);5-7,12-13,17,21-22,26,36-37H,1-4,8-11H2,(H,27,34)(H,28,38)(H,32,35)(H,29,30,39);1-3,10-11,17-19,24,35-36H,4-9H2,(H,26,37)(H,30,34)(H2,25,27,28);3*1H4/t20-,21+,22-,27+;17-,21-,22-,26-;17-,18+,19-,24+;;;/m010.../s1. The van der Waals surface area contributed by atoms with Gasteiger partial charge in [0.05, 0.1) is 31.9 Å². The molecule has 4 fully saturated rings. The molecule has 7 aliphatic heterocycles. The van der Waals surface area contributed by atoms with Crippen LogP contribution in [-0.4, -0.2) is 265 Å². The van der Waals surface area contributed by atoms with Crippen molar-refractivity contribution in [2.24, 2.45) is 0 Å². The fourth-order valence-corrected chi connectivity index (χ4v) is 15.4. The molecular weight excluding hydrogens is 1600 g/mol. The van der Waals surface area contributed by atoms with Gasteiger partial charge in [-0.2, -0.15) is 0 Å². The fourth-order valence-electron chi connectivity index (χ4n) is 15.4. The molecule has 43 heteroatoms. The zero-order valence-corrected chi connectivity index (χ0v) is 65.1. The number of anilines is 5. The number of imidazole rings is 3. The maximum atomic E-state index is 13.2. The van der Waals surface area contributed by atoms with Crippen molar-refractivity contribution in [3.63, 3.8) is 0 Å². The van der Waals surface area contributed by atoms with Crippen molar-refractivity contribution < 1.29 is 88.0 Å². The van der Waals surface area contributed by atoms with E-state index >= 15 is 0 Å². The van der Waals surface area contributed by atoms with Crippen LogP contribution in [-0.2, 0) is 62.6 Å². The lowest BCUT2D eigenvalue weighted by Crippen LogP contribution is -2.54. The highest BCUT2D eigenvalue weighted by Gasteiger charge is 2.51. The lowest BCUT2D eigenvalue weighted by molar-refractivity contribution is -0.150. The number of fused-ring (bicyclic) bond motifs is 6. The number of aromatic nitrogens is 12. The first-order valence-electron chi connectivity index (χ1n) is 39.3. The van der Waals surface area contributed by atoms with E-state index in [4.69, 9.17) is 25.7 Å². The van der Waals surface area contributed by atoms with Gasteiger partial charge in [0.15, 0.2) is 65.0 Å². The molecule has 6 aromatic heterocycles. The molecule has 0 bridgehead atoms. The number of nitrogen functional groups attached to an aromatic ring is 2. The average molecular weight is 1710 g/mol. The molecule has 0 saturated carbocycles. The van der Waals surface area contributed by atoms with Crippen molar-refractivity contribution in [3.8, 4) is 0 Å². The van der Waals surface area contributed by atoms with Crippen LogP contribution in [0.15, 0.2) is 97.4 Å². The van der Waals surface area contributed by atoms with Crippen LogP contribution >= 0.6 is 0 Å². The molecule has 9 aromatic rings. The number of nitrogens with zero attached hydrogens (tertiary/aromatic N) is 14. The van der Waals surface area contributed by atoms with Gasteiger partial charge in [-0.1, -0.05) is 72.6 Å². The second-order valence-electron chi connectivity index (χ2n) is 29.9. The van der Waals surface area contributed by atoms with Crippen LogP contribution in [0.4, 0.5) is 28.7 Å². The van der Waals surface area contributed by atoms with Crippen LogP contribution in [0.1, 0.15) is 166 Å². The topological polar surface area (TPSA) is 599 Å². The van der Waals surface area contributed by atoms with E-state index in [2.05, 4.69) is 82.1 Å². The number of unbranched alkanes of at least 4 members (excludes halogenated alkanes) is 7. The third-order valence-electron chi connectivity index (χ3n) is 22.0. The monoisotopic (exact) mass is 1700 g/mol. The maximum absolute atomic E-state index is 13.2. The van der Waals surface area contributed by atoms with Gasteiger partial charge in [-0.25, -0.2) is 39.9 Å². The number of nitrogens with one attached hydrogen (secondary N) is 8. The summed E-state index contributed by atoms with van der Waals surface area (Å²) in [4.78, 5) is 163. The van der Waals surface area contributed by atoms with Crippen molar-refractivity contribution in [3.05, 3.63) is 136 Å². The summed E-state index contributed by atoms with van der Waals surface area (Å²) in [5.74, 6) is -1.61. The van der Waals surface area contributed by atoms with Crippen molar-refractivity contribution in [2.45, 2.75) is 193 Å². The van der Waals surface area contributed by atoms with Crippen LogP contribution in [0.25, 0.3) is 33.5 Å². The van der Waals surface area contributed by atoms with Gasteiger partial charge in [-0.15, -0.1) is 0 Å². The third kappa shape index (κ3) is 20.0. The van der Waals surface area contributed by atoms with Gasteiger partial charge in [0, 0.05) is 136 Å². The molecule has 0 unspecified atom stereocenters. The fraction of sp³-hybridized carbons (Fsp3) is 0.475. The Hall–Kier alpha value is -12.5. The van der Waals surface area contributed by atoms with Crippen LogP contribution in [0, 0.1) is 0 Å². The number of benzene rings is 3. The van der Waals surface area contributed by atoms with Crippen molar-refractivity contribution in [1.82, 2.24) is 94.5 Å². The average Bonchev–Trinajstić information content (AvgIpc) is 1.63. The zero-order valence-electron chi connectivity index (χ0n) is 65.1. The third-order valence-corrected chi connectivity index (χ3v) is 22.0. The Kier molecular flexibility index (Phi) is 30.0. The Morgan fingerprint density at radius 1 is 0.480 bits per heavy atom. The molecule has 9 amide bonds. The number of hydrogen-bond donors (Lipinski definition) is 16. The summed E-state index contributed by atoms with van der Waals surface area (Å²) in [7, 11) is 1.63. The smallest absolute Gasteiger partial charge is 0.278 e. The Bertz CT molecular complexity index is 5400. The van der Waals surface area contributed by atoms with E-state index in [0.29, 0.717) is 134 Å². The summed E-state index contributed by atoms with van der Waals surface area (Å²) < 4.78 is 21.6. The molecule has 0 aliphatic carbocycles. The molecule has 0 spiro atoms. The number of nitrogens with two attached hydrogens (primary N) is 2. The van der Waals surface area contributed by atoms with E-state index in [9.17, 15) is 78.6 Å².